The average Bonchev–Trinajstić information content (AvgIpc) is 3.63. The highest BCUT2D eigenvalue weighted by Gasteiger charge is 2.45. The number of carbonyl (C=O) groups is 1. The van der Waals surface area contributed by atoms with Crippen LogP contribution in [0.5, 0.6) is 0 Å². The second-order valence-electron chi connectivity index (χ2n) is 12.9. The van der Waals surface area contributed by atoms with Crippen LogP contribution in [0.15, 0.2) is 61.1 Å². The lowest BCUT2D eigenvalue weighted by atomic mass is 9.73. The number of para-hydroxylation sites is 1. The summed E-state index contributed by atoms with van der Waals surface area (Å²) in [6.45, 7) is 7.12. The number of halogens is 1. The lowest BCUT2D eigenvalue weighted by molar-refractivity contribution is -0.155. The van der Waals surface area contributed by atoms with Gasteiger partial charge in [0.2, 0.25) is 11.9 Å². The van der Waals surface area contributed by atoms with Crippen molar-refractivity contribution >= 4 is 11.7 Å². The smallest absolute Gasteiger partial charge is 0.225 e. The van der Waals surface area contributed by atoms with Crippen molar-refractivity contribution in [3.05, 3.63) is 83.8 Å². The minimum absolute atomic E-state index is 0.0462. The number of nitrogens with zero attached hydrogens (tertiary/aromatic N) is 7. The van der Waals surface area contributed by atoms with Crippen molar-refractivity contribution < 1.29 is 23.5 Å². The number of carbonyl (C=O) groups excluding carboxylic acids is 1. The van der Waals surface area contributed by atoms with Crippen LogP contribution in [0.3, 0.4) is 0 Å². The van der Waals surface area contributed by atoms with Crippen LogP contribution < -0.4 is 4.90 Å². The first-order valence-electron chi connectivity index (χ1n) is 16.2. The number of ether oxygens (including phenoxy) is 2. The second kappa shape index (κ2) is 13.6. The monoisotopic (exact) mass is 641 g/mol. The molecule has 3 fully saturated rings. The molecule has 0 amide bonds. The van der Waals surface area contributed by atoms with E-state index in [-0.39, 0.29) is 24.5 Å². The van der Waals surface area contributed by atoms with E-state index in [1.807, 2.05) is 54.3 Å². The number of aromatic nitrogens is 5. The number of Topliss-reactive ketones (excluding diaryl/α,β-unsaturated/α-hetero) is 1. The van der Waals surface area contributed by atoms with Gasteiger partial charge in [0.15, 0.2) is 0 Å². The first-order valence-corrected chi connectivity index (χ1v) is 16.2. The highest BCUT2D eigenvalue weighted by atomic mass is 19.1. The van der Waals surface area contributed by atoms with Crippen LogP contribution in [0.4, 0.5) is 10.3 Å². The Kier molecular flexibility index (Phi) is 9.09. The van der Waals surface area contributed by atoms with Gasteiger partial charge in [-0.3, -0.25) is 9.63 Å². The lowest BCUT2D eigenvalue weighted by Crippen LogP contribution is -2.59. The van der Waals surface area contributed by atoms with E-state index in [0.717, 1.165) is 73.3 Å². The number of rotatable bonds is 11. The van der Waals surface area contributed by atoms with Crippen molar-refractivity contribution in [1.29, 1.82) is 0 Å². The zero-order valence-corrected chi connectivity index (χ0v) is 26.8. The maximum absolute atomic E-state index is 14.1. The molecular formula is C35H40FN7O4. The number of hydrogen-bond acceptors (Lipinski definition) is 10. The van der Waals surface area contributed by atoms with Crippen LogP contribution in [0.2, 0.25) is 0 Å². The quantitative estimate of drug-likeness (QED) is 0.217. The first-order chi connectivity index (χ1) is 22.9. The topological polar surface area (TPSA) is 108 Å². The molecule has 3 aromatic heterocycles. The van der Waals surface area contributed by atoms with E-state index >= 15 is 0 Å². The maximum atomic E-state index is 14.1. The van der Waals surface area contributed by atoms with E-state index < -0.39 is 12.1 Å². The van der Waals surface area contributed by atoms with Crippen molar-refractivity contribution in [2.45, 2.75) is 38.7 Å². The molecule has 12 heteroatoms. The van der Waals surface area contributed by atoms with Gasteiger partial charge in [-0.25, -0.2) is 19.6 Å². The molecule has 3 saturated heterocycles. The molecule has 1 spiro atoms. The summed E-state index contributed by atoms with van der Waals surface area (Å²) < 4.78 is 26.7. The number of hydroxylamine groups is 2. The first kappa shape index (κ1) is 31.5. The van der Waals surface area contributed by atoms with Crippen LogP contribution in [0, 0.1) is 24.2 Å². The molecule has 2 atom stereocenters. The third-order valence-corrected chi connectivity index (χ3v) is 9.65. The van der Waals surface area contributed by atoms with Crippen molar-refractivity contribution in [1.82, 2.24) is 29.8 Å². The van der Waals surface area contributed by atoms with Gasteiger partial charge in [-0.15, -0.1) is 0 Å². The maximum Gasteiger partial charge on any atom is 0.225 e. The van der Waals surface area contributed by atoms with Crippen LogP contribution in [-0.2, 0) is 25.5 Å². The van der Waals surface area contributed by atoms with Crippen LogP contribution in [0.25, 0.3) is 16.9 Å². The number of pyridine rings is 1. The predicted octanol–water partition coefficient (Wildman–Crippen LogP) is 4.54. The molecule has 0 bridgehead atoms. The number of anilines is 1. The number of hydrogen-bond donors (Lipinski definition) is 0. The Hall–Kier alpha value is -4.10. The van der Waals surface area contributed by atoms with Gasteiger partial charge in [-0.1, -0.05) is 18.2 Å². The molecule has 0 N–H and O–H groups in total. The van der Waals surface area contributed by atoms with Crippen LogP contribution in [-0.4, -0.2) is 88.7 Å². The summed E-state index contributed by atoms with van der Waals surface area (Å²) in [5, 5.41) is 6.79. The summed E-state index contributed by atoms with van der Waals surface area (Å²) in [5.74, 6) is 0.0246. The van der Waals surface area contributed by atoms with E-state index in [1.54, 1.807) is 18.2 Å². The Balaban J connectivity index is 1.11. The van der Waals surface area contributed by atoms with Gasteiger partial charge in [-0.2, -0.15) is 14.6 Å². The third-order valence-electron chi connectivity index (χ3n) is 9.65. The van der Waals surface area contributed by atoms with E-state index in [9.17, 15) is 9.18 Å². The molecule has 0 saturated carbocycles. The fourth-order valence-electron chi connectivity index (χ4n) is 7.06. The summed E-state index contributed by atoms with van der Waals surface area (Å²) in [5.41, 5.74) is 5.11. The molecule has 6 heterocycles. The van der Waals surface area contributed by atoms with Gasteiger partial charge in [0.1, 0.15) is 11.9 Å². The van der Waals surface area contributed by atoms with Gasteiger partial charge in [0.05, 0.1) is 23.7 Å². The van der Waals surface area contributed by atoms with Gasteiger partial charge in [-0.05, 0) is 55.2 Å². The van der Waals surface area contributed by atoms with Gasteiger partial charge in [0.25, 0.3) is 0 Å². The number of methoxy groups -OCH3 is 1. The molecule has 3 aliphatic rings. The molecule has 47 heavy (non-hydrogen) atoms. The molecule has 4 aromatic rings. The Morgan fingerprint density at radius 2 is 1.85 bits per heavy atom. The molecule has 0 aliphatic carbocycles. The van der Waals surface area contributed by atoms with Crippen molar-refractivity contribution in [3.63, 3.8) is 0 Å². The average molecular weight is 642 g/mol. The van der Waals surface area contributed by atoms with Gasteiger partial charge < -0.3 is 14.4 Å². The molecule has 3 aliphatic heterocycles. The largest absolute Gasteiger partial charge is 0.383 e. The second-order valence-corrected chi connectivity index (χ2v) is 12.9. The van der Waals surface area contributed by atoms with E-state index in [2.05, 4.69) is 9.88 Å². The minimum Gasteiger partial charge on any atom is -0.383 e. The Bertz CT molecular complexity index is 1690. The Morgan fingerprint density at radius 1 is 1.09 bits per heavy atom. The van der Waals surface area contributed by atoms with Crippen molar-refractivity contribution in [2.24, 2.45) is 11.3 Å². The molecular weight excluding hydrogens is 601 g/mol. The summed E-state index contributed by atoms with van der Waals surface area (Å²) in [4.78, 5) is 35.4. The zero-order valence-electron chi connectivity index (χ0n) is 26.8. The van der Waals surface area contributed by atoms with Crippen LogP contribution in [0.1, 0.15) is 42.2 Å². The summed E-state index contributed by atoms with van der Waals surface area (Å²) in [7, 11) is 1.63. The number of benzene rings is 1. The van der Waals surface area contributed by atoms with E-state index in [4.69, 9.17) is 29.4 Å². The minimum atomic E-state index is -0.577. The Morgan fingerprint density at radius 3 is 2.57 bits per heavy atom. The standard InChI is InChI=1S/C35H40FN7O4/c1-24-30(18-29(44)16-26-21-42(12-15-45-2)47-33(26)25-8-11-37-31(36)17-25)43(28-6-4-3-5-7-28)40-32(24)27-19-38-34(39-20-27)41-22-35(23-41)9-13-46-14-10-35/h3-8,11,17,19-20,26,33H,9-10,12-16,18,21-23H2,1-2H3/t26-,33+/m1/s1. The van der Waals surface area contributed by atoms with Gasteiger partial charge in [0, 0.05) is 94.8 Å². The zero-order chi connectivity index (χ0) is 32.4. The molecule has 1 aromatic carbocycles. The Labute approximate surface area is 273 Å². The molecule has 0 unspecified atom stereocenters. The van der Waals surface area contributed by atoms with Crippen molar-refractivity contribution in [3.8, 4) is 16.9 Å². The SMILES string of the molecule is COCCN1C[C@@H](CC(=O)Cc2c(C)c(-c3cnc(N4CC5(CCOCC5)C4)nc3)nn2-c2ccccc2)[C@H](c2ccnc(F)c2)O1. The van der Waals surface area contributed by atoms with E-state index in [1.165, 1.54) is 12.3 Å². The van der Waals surface area contributed by atoms with E-state index in [0.29, 0.717) is 30.7 Å². The molecule has 246 valence electrons. The highest BCUT2D eigenvalue weighted by Crippen LogP contribution is 2.41. The fraction of sp³-hybridized carbons (Fsp3) is 0.457. The summed E-state index contributed by atoms with van der Waals surface area (Å²) in [6.07, 6.45) is 7.23. The highest BCUT2D eigenvalue weighted by molar-refractivity contribution is 5.82. The summed E-state index contributed by atoms with van der Waals surface area (Å²) >= 11 is 0. The normalized spacial score (nSPS) is 20.9. The molecule has 11 nitrogen and oxygen atoms in total. The molecule has 0 radical (unpaired) electrons. The van der Waals surface area contributed by atoms with Crippen molar-refractivity contribution in [2.75, 3.05) is 58.0 Å². The third kappa shape index (κ3) is 6.68. The lowest BCUT2D eigenvalue weighted by Gasteiger charge is -2.52. The molecule has 7 rings (SSSR count). The predicted molar refractivity (Wildman–Crippen MR) is 172 cm³/mol. The fourth-order valence-corrected chi connectivity index (χ4v) is 7.06. The van der Waals surface area contributed by atoms with Crippen LogP contribution >= 0.6 is 0 Å². The summed E-state index contributed by atoms with van der Waals surface area (Å²) in [6, 6.07) is 12.9. The van der Waals surface area contributed by atoms with Gasteiger partial charge >= 0.3 is 0 Å². The number of ketones is 1.